The van der Waals surface area contributed by atoms with Crippen molar-refractivity contribution in [3.8, 4) is 0 Å². The molecule has 1 aliphatic heterocycles. The fourth-order valence-electron chi connectivity index (χ4n) is 7.73. The number of esters is 6. The van der Waals surface area contributed by atoms with Crippen LogP contribution in [0.4, 0.5) is 13.2 Å². The summed E-state index contributed by atoms with van der Waals surface area (Å²) in [5.74, 6) is -6.33. The summed E-state index contributed by atoms with van der Waals surface area (Å²) < 4.78 is 65.1. The third-order valence-corrected chi connectivity index (χ3v) is 12.1. The summed E-state index contributed by atoms with van der Waals surface area (Å²) in [7, 11) is 0. The lowest BCUT2D eigenvalue weighted by atomic mass is 10.1. The Morgan fingerprint density at radius 1 is 0.465 bits per heavy atom. The third kappa shape index (κ3) is 42.3. The number of alkyl halides is 3. The Kier molecular flexibility index (Phi) is 42.2. The Bertz CT molecular complexity index is 1370. The number of hydrogen-bond donors (Lipinski definition) is 1. The fraction of sp³-hybridized carbons (Fsp3) is 0.868. The molecule has 0 aliphatic carbocycles. The molecule has 1 rings (SSSR count). The van der Waals surface area contributed by atoms with Gasteiger partial charge in [-0.25, -0.2) is 0 Å². The maximum absolute atomic E-state index is 13.2. The van der Waals surface area contributed by atoms with Crippen LogP contribution in [0, 0.1) is 11.8 Å². The number of aliphatic carboxylic acids is 1. The number of halogens is 3. The van der Waals surface area contributed by atoms with Crippen LogP contribution in [-0.2, 0) is 62.0 Å². The van der Waals surface area contributed by atoms with Gasteiger partial charge in [0.15, 0.2) is 6.10 Å². The van der Waals surface area contributed by atoms with Crippen molar-refractivity contribution in [3.05, 3.63) is 0 Å². The van der Waals surface area contributed by atoms with Crippen molar-refractivity contribution in [3.63, 3.8) is 0 Å². The first-order valence-corrected chi connectivity index (χ1v) is 27.1. The van der Waals surface area contributed by atoms with Crippen molar-refractivity contribution in [1.82, 2.24) is 0 Å². The van der Waals surface area contributed by atoms with E-state index in [0.717, 1.165) is 128 Å². The molecule has 0 aromatic carbocycles. The number of hydrogen-bond acceptors (Lipinski definition) is 14. The number of unbranched alkanes of at least 4 members (excludes halogenated alkanes) is 20. The molecule has 1 fully saturated rings. The summed E-state index contributed by atoms with van der Waals surface area (Å²) in [6.45, 7) is 9.08. The molecule has 1 aliphatic rings. The summed E-state index contributed by atoms with van der Waals surface area (Å²) in [5, 5.41) is 10.8. The summed E-state index contributed by atoms with van der Waals surface area (Å²) in [6.07, 6.45) is 21.2. The highest BCUT2D eigenvalue weighted by atomic mass is 19.4. The lowest BCUT2D eigenvalue weighted by molar-refractivity contribution is -0.673. The van der Waals surface area contributed by atoms with Crippen molar-refractivity contribution < 1.29 is 85.6 Å². The minimum Gasteiger partial charge on any atom is -0.542 e. The highest BCUT2D eigenvalue weighted by molar-refractivity contribution is 5.73. The standard InChI is InChI=1S/C51H91NO12.C2HF3O2/c1-5-9-13-17-21-25-29-46(53)59-37-42(38-60-47(54)30-26-22-18-14-10-6-2)33-50(57)63-41-44-35-45(36-52-44)64-51(58)34-43(39-61-48(55)31-27-23-19-15-11-7-3)40-62-49(56)32-28-24-20-16-12-8-4;3-2(4,5)1(6)7/h42-45,52H,5-41H2,1-4H3;(H,6,7)/t44-,45+;/m0./s1. The van der Waals surface area contributed by atoms with E-state index in [2.05, 4.69) is 27.7 Å². The van der Waals surface area contributed by atoms with E-state index in [1.54, 1.807) is 0 Å². The van der Waals surface area contributed by atoms with E-state index in [1.807, 2.05) is 5.32 Å². The largest absolute Gasteiger partial charge is 0.542 e. The first-order valence-electron chi connectivity index (χ1n) is 27.1. The van der Waals surface area contributed by atoms with E-state index in [-0.39, 0.29) is 75.8 Å². The highest BCUT2D eigenvalue weighted by Crippen LogP contribution is 2.17. The molecule has 414 valence electrons. The van der Waals surface area contributed by atoms with Crippen LogP contribution in [0.5, 0.6) is 0 Å². The quantitative estimate of drug-likeness (QED) is 0.0342. The van der Waals surface area contributed by atoms with E-state index in [9.17, 15) is 41.9 Å². The Morgan fingerprint density at radius 2 is 0.761 bits per heavy atom. The third-order valence-electron chi connectivity index (χ3n) is 12.1. The smallest absolute Gasteiger partial charge is 0.430 e. The van der Waals surface area contributed by atoms with Crippen LogP contribution in [0.1, 0.15) is 227 Å². The van der Waals surface area contributed by atoms with Gasteiger partial charge in [-0.1, -0.05) is 156 Å². The zero-order valence-corrected chi connectivity index (χ0v) is 43.9. The number of carbonyl (C=O) groups is 7. The summed E-state index contributed by atoms with van der Waals surface area (Å²) in [6, 6.07) is -0.132. The molecule has 71 heavy (non-hydrogen) atoms. The topological polar surface area (TPSA) is 215 Å². The van der Waals surface area contributed by atoms with Crippen LogP contribution in [0.2, 0.25) is 0 Å². The normalized spacial score (nSPS) is 14.4. The maximum atomic E-state index is 13.2. The molecule has 0 bridgehead atoms. The van der Waals surface area contributed by atoms with Crippen LogP contribution in [0.15, 0.2) is 0 Å². The number of carboxylic acid groups (broad SMARTS) is 1. The van der Waals surface area contributed by atoms with Gasteiger partial charge in [0, 0.05) is 43.9 Å². The van der Waals surface area contributed by atoms with E-state index in [4.69, 9.17) is 38.3 Å². The van der Waals surface area contributed by atoms with Crippen molar-refractivity contribution in [2.45, 2.75) is 245 Å². The number of quaternary nitrogens is 1. The van der Waals surface area contributed by atoms with Crippen molar-refractivity contribution in [2.75, 3.05) is 39.6 Å². The molecule has 1 saturated heterocycles. The zero-order chi connectivity index (χ0) is 53.0. The first-order chi connectivity index (χ1) is 34.0. The van der Waals surface area contributed by atoms with Crippen molar-refractivity contribution in [1.29, 1.82) is 0 Å². The zero-order valence-electron chi connectivity index (χ0n) is 43.9. The van der Waals surface area contributed by atoms with Crippen LogP contribution in [0.3, 0.4) is 0 Å². The van der Waals surface area contributed by atoms with Crippen LogP contribution in [-0.4, -0.2) is 99.7 Å². The first kappa shape index (κ1) is 67.0. The van der Waals surface area contributed by atoms with Crippen LogP contribution >= 0.6 is 0 Å². The van der Waals surface area contributed by atoms with Gasteiger partial charge in [-0.3, -0.25) is 28.8 Å². The summed E-state index contributed by atoms with van der Waals surface area (Å²) in [5.41, 5.74) is 0. The van der Waals surface area contributed by atoms with Gasteiger partial charge in [0.05, 0.1) is 39.3 Å². The van der Waals surface area contributed by atoms with Gasteiger partial charge in [0.1, 0.15) is 25.2 Å². The molecule has 0 spiro atoms. The summed E-state index contributed by atoms with van der Waals surface area (Å²) >= 11 is 0. The van der Waals surface area contributed by atoms with Crippen molar-refractivity contribution in [2.24, 2.45) is 11.8 Å². The molecular weight excluding hydrogens is 932 g/mol. The molecule has 1 heterocycles. The molecule has 2 N–H and O–H groups in total. The van der Waals surface area contributed by atoms with Crippen LogP contribution < -0.4 is 10.4 Å². The van der Waals surface area contributed by atoms with E-state index < -0.39 is 42.0 Å². The van der Waals surface area contributed by atoms with Gasteiger partial charge in [0.2, 0.25) is 0 Å². The predicted octanol–water partition coefficient (Wildman–Crippen LogP) is 9.26. The number of carboxylic acids is 1. The van der Waals surface area contributed by atoms with Gasteiger partial charge >= 0.3 is 42.0 Å². The fourth-order valence-corrected chi connectivity index (χ4v) is 7.73. The second-order valence-electron chi connectivity index (χ2n) is 19.0. The molecule has 18 heteroatoms. The van der Waals surface area contributed by atoms with Gasteiger partial charge < -0.3 is 43.6 Å². The van der Waals surface area contributed by atoms with Gasteiger partial charge in [0.25, 0.3) is 0 Å². The number of rotatable bonds is 43. The SMILES string of the molecule is CCCCCCCCC(=O)OCC(COC(=O)CCCCCCCC)CC(=O)OC[C@@H]1C[C@@H](OC(=O)CC(COC(=O)CCCCCCCC)COC(=O)CCCCCCCC)C[NH2+]1.O=C([O-])C(F)(F)F. The maximum Gasteiger partial charge on any atom is 0.430 e. The minimum absolute atomic E-state index is 0.0406. The number of carbonyl (C=O) groups excluding carboxylic acids is 7. The predicted molar refractivity (Wildman–Crippen MR) is 259 cm³/mol. The molecule has 0 radical (unpaired) electrons. The van der Waals surface area contributed by atoms with Crippen LogP contribution in [0.25, 0.3) is 0 Å². The van der Waals surface area contributed by atoms with Gasteiger partial charge in [-0.05, 0) is 25.7 Å². The monoisotopic (exact) mass is 1020 g/mol. The molecule has 0 aromatic rings. The van der Waals surface area contributed by atoms with Gasteiger partial charge in [-0.15, -0.1) is 0 Å². The number of nitrogens with two attached hydrogens (primary N) is 1. The molecule has 0 unspecified atom stereocenters. The second kappa shape index (κ2) is 44.7. The van der Waals surface area contributed by atoms with Gasteiger partial charge in [-0.2, -0.15) is 13.2 Å². The Labute approximate surface area is 422 Å². The average Bonchev–Trinajstić information content (AvgIpc) is 3.78. The highest BCUT2D eigenvalue weighted by Gasteiger charge is 2.33. The molecule has 0 aromatic heterocycles. The molecule has 0 saturated carbocycles. The Morgan fingerprint density at radius 3 is 1.07 bits per heavy atom. The Hall–Kier alpha value is -3.96. The lowest BCUT2D eigenvalue weighted by Crippen LogP contribution is -2.88. The summed E-state index contributed by atoms with van der Waals surface area (Å²) in [4.78, 5) is 85.0. The lowest BCUT2D eigenvalue weighted by Gasteiger charge is -2.18. The number of ether oxygens (including phenoxy) is 6. The molecule has 0 amide bonds. The second-order valence-corrected chi connectivity index (χ2v) is 19.0. The minimum atomic E-state index is -5.19. The van der Waals surface area contributed by atoms with E-state index in [1.165, 1.54) is 25.7 Å². The Balaban J connectivity index is 0.00000647. The van der Waals surface area contributed by atoms with E-state index in [0.29, 0.717) is 38.6 Å². The van der Waals surface area contributed by atoms with E-state index >= 15 is 0 Å². The molecule has 2 atom stereocenters. The molecule has 15 nitrogen and oxygen atoms in total. The molecular formula is C53H92F3NO14. The average molecular weight is 1020 g/mol. The van der Waals surface area contributed by atoms with Crippen molar-refractivity contribution >= 4 is 41.8 Å².